The van der Waals surface area contributed by atoms with Crippen LogP contribution in [0.25, 0.3) is 11.0 Å². The summed E-state index contributed by atoms with van der Waals surface area (Å²) < 4.78 is 6.67. The maximum atomic E-state index is 12.4. The molecular weight excluding hydrogens is 308 g/mol. The Labute approximate surface area is 138 Å². The second kappa shape index (κ2) is 5.63. The molecule has 4 heterocycles. The molecule has 0 saturated carbocycles. The molecule has 1 aliphatic heterocycles. The van der Waals surface area contributed by atoms with Crippen LogP contribution in [0.1, 0.15) is 35.0 Å². The number of hydrogen-bond donors (Lipinski definition) is 1. The van der Waals surface area contributed by atoms with E-state index in [2.05, 4.69) is 10.3 Å². The minimum Gasteiger partial charge on any atom is -0.382 e. The van der Waals surface area contributed by atoms with Gasteiger partial charge in [-0.05, 0) is 25.0 Å². The van der Waals surface area contributed by atoms with Crippen LogP contribution >= 0.6 is 0 Å². The number of piperidine rings is 1. The number of carbonyl (C=O) groups is 1. The number of fused-ring (bicyclic) bond motifs is 1. The van der Waals surface area contributed by atoms with Crippen LogP contribution in [-0.2, 0) is 7.05 Å². The number of hydrogen-bond acceptors (Lipinski definition) is 6. The van der Waals surface area contributed by atoms with Gasteiger partial charge in [-0.3, -0.25) is 4.79 Å². The predicted octanol–water partition coefficient (Wildman–Crippen LogP) is 1.56. The predicted molar refractivity (Wildman–Crippen MR) is 87.3 cm³/mol. The number of amides is 1. The van der Waals surface area contributed by atoms with E-state index < -0.39 is 0 Å². The zero-order chi connectivity index (χ0) is 16.7. The molecule has 3 aromatic rings. The van der Waals surface area contributed by atoms with Crippen LogP contribution in [0, 0.1) is 0 Å². The average Bonchev–Trinajstić information content (AvgIpc) is 3.23. The van der Waals surface area contributed by atoms with Gasteiger partial charge < -0.3 is 15.2 Å². The van der Waals surface area contributed by atoms with Gasteiger partial charge >= 0.3 is 0 Å². The molecule has 0 spiro atoms. The lowest BCUT2D eigenvalue weighted by Gasteiger charge is -2.31. The van der Waals surface area contributed by atoms with E-state index in [4.69, 9.17) is 15.2 Å². The Morgan fingerprint density at radius 1 is 1.38 bits per heavy atom. The maximum absolute atomic E-state index is 12.4. The molecule has 3 aromatic heterocycles. The standard InChI is InChI=1S/C16H18N6O2/c1-21-15-11(14(17)20-21)4-5-12(19-15)10-3-2-8-22(9-10)16(23)13-6-7-18-24-13/h4-7,10H,2-3,8-9H2,1H3,(H2,17,20). The van der Waals surface area contributed by atoms with Crippen molar-refractivity contribution in [2.75, 3.05) is 18.8 Å². The molecule has 8 heteroatoms. The average molecular weight is 326 g/mol. The first-order valence-corrected chi connectivity index (χ1v) is 7.92. The second-order valence-corrected chi connectivity index (χ2v) is 6.08. The fourth-order valence-electron chi connectivity index (χ4n) is 3.28. The number of aromatic nitrogens is 4. The molecule has 0 aromatic carbocycles. The Morgan fingerprint density at radius 2 is 2.25 bits per heavy atom. The van der Waals surface area contributed by atoms with Crippen molar-refractivity contribution in [3.63, 3.8) is 0 Å². The maximum Gasteiger partial charge on any atom is 0.292 e. The number of likely N-dealkylation sites (tertiary alicyclic amines) is 1. The number of pyridine rings is 1. The smallest absolute Gasteiger partial charge is 0.292 e. The van der Waals surface area contributed by atoms with Gasteiger partial charge in [-0.2, -0.15) is 5.10 Å². The molecule has 1 atom stereocenters. The summed E-state index contributed by atoms with van der Waals surface area (Å²) in [6.07, 6.45) is 3.40. The number of nitrogens with two attached hydrogens (primary N) is 1. The molecule has 1 unspecified atom stereocenters. The number of carbonyl (C=O) groups excluding carboxylic acids is 1. The quantitative estimate of drug-likeness (QED) is 0.766. The highest BCUT2D eigenvalue weighted by Crippen LogP contribution is 2.28. The van der Waals surface area contributed by atoms with Gasteiger partial charge in [0.05, 0.1) is 11.6 Å². The second-order valence-electron chi connectivity index (χ2n) is 6.08. The fraction of sp³-hybridized carbons (Fsp3) is 0.375. The Kier molecular flexibility index (Phi) is 3.44. The van der Waals surface area contributed by atoms with Gasteiger partial charge in [0, 0.05) is 37.8 Å². The lowest BCUT2D eigenvalue weighted by atomic mass is 9.94. The molecule has 4 rings (SSSR count). The number of rotatable bonds is 2. The largest absolute Gasteiger partial charge is 0.382 e. The van der Waals surface area contributed by atoms with E-state index in [0.717, 1.165) is 36.1 Å². The minimum atomic E-state index is -0.122. The molecule has 24 heavy (non-hydrogen) atoms. The topological polar surface area (TPSA) is 103 Å². The Morgan fingerprint density at radius 3 is 3.04 bits per heavy atom. The summed E-state index contributed by atoms with van der Waals surface area (Å²) in [4.78, 5) is 19.0. The summed E-state index contributed by atoms with van der Waals surface area (Å²) in [5.41, 5.74) is 7.61. The van der Waals surface area contributed by atoms with E-state index in [9.17, 15) is 4.79 Å². The van der Waals surface area contributed by atoms with Gasteiger partial charge in [-0.25, -0.2) is 9.67 Å². The highest BCUT2D eigenvalue weighted by Gasteiger charge is 2.28. The van der Waals surface area contributed by atoms with Gasteiger partial charge in [0.2, 0.25) is 5.76 Å². The van der Waals surface area contributed by atoms with Gasteiger partial charge in [0.15, 0.2) is 11.5 Å². The van der Waals surface area contributed by atoms with Gasteiger partial charge in [-0.15, -0.1) is 0 Å². The summed E-state index contributed by atoms with van der Waals surface area (Å²) in [5.74, 6) is 0.824. The lowest BCUT2D eigenvalue weighted by Crippen LogP contribution is -2.39. The van der Waals surface area contributed by atoms with E-state index in [-0.39, 0.29) is 17.6 Å². The van der Waals surface area contributed by atoms with Crippen molar-refractivity contribution in [1.82, 2.24) is 24.8 Å². The van der Waals surface area contributed by atoms with Crippen LogP contribution in [-0.4, -0.2) is 43.8 Å². The Bertz CT molecular complexity index is 885. The van der Waals surface area contributed by atoms with Crippen LogP contribution in [0.5, 0.6) is 0 Å². The van der Waals surface area contributed by atoms with Crippen LogP contribution in [0.3, 0.4) is 0 Å². The first-order chi connectivity index (χ1) is 11.6. The number of anilines is 1. The number of nitrogens with zero attached hydrogens (tertiary/aromatic N) is 5. The molecule has 0 aliphatic carbocycles. The van der Waals surface area contributed by atoms with Crippen LogP contribution in [0.15, 0.2) is 28.9 Å². The summed E-state index contributed by atoms with van der Waals surface area (Å²) >= 11 is 0. The van der Waals surface area contributed by atoms with E-state index in [1.54, 1.807) is 15.6 Å². The summed E-state index contributed by atoms with van der Waals surface area (Å²) in [6, 6.07) is 5.53. The zero-order valence-corrected chi connectivity index (χ0v) is 13.3. The van der Waals surface area contributed by atoms with Crippen molar-refractivity contribution in [3.05, 3.63) is 35.9 Å². The normalized spacial score (nSPS) is 18.2. The van der Waals surface area contributed by atoms with Crippen molar-refractivity contribution < 1.29 is 9.32 Å². The first-order valence-electron chi connectivity index (χ1n) is 7.92. The molecule has 1 amide bonds. The molecule has 2 N–H and O–H groups in total. The van der Waals surface area contributed by atoms with E-state index >= 15 is 0 Å². The number of nitrogen functional groups attached to an aromatic ring is 1. The van der Waals surface area contributed by atoms with Crippen molar-refractivity contribution in [3.8, 4) is 0 Å². The number of aryl methyl sites for hydroxylation is 1. The van der Waals surface area contributed by atoms with Crippen LogP contribution in [0.2, 0.25) is 0 Å². The van der Waals surface area contributed by atoms with Crippen molar-refractivity contribution in [2.24, 2.45) is 7.05 Å². The zero-order valence-electron chi connectivity index (χ0n) is 13.3. The van der Waals surface area contributed by atoms with Gasteiger partial charge in [-0.1, -0.05) is 5.16 Å². The minimum absolute atomic E-state index is 0.122. The Hall–Kier alpha value is -2.90. The fourth-order valence-corrected chi connectivity index (χ4v) is 3.28. The van der Waals surface area contributed by atoms with Crippen LogP contribution < -0.4 is 5.73 Å². The highest BCUT2D eigenvalue weighted by molar-refractivity contribution is 5.91. The van der Waals surface area contributed by atoms with Gasteiger partial charge in [0.1, 0.15) is 0 Å². The van der Waals surface area contributed by atoms with Crippen molar-refractivity contribution >= 4 is 22.8 Å². The molecule has 8 nitrogen and oxygen atoms in total. The lowest BCUT2D eigenvalue weighted by molar-refractivity contribution is 0.0664. The molecule has 0 bridgehead atoms. The third kappa shape index (κ3) is 2.40. The highest BCUT2D eigenvalue weighted by atomic mass is 16.5. The summed E-state index contributed by atoms with van der Waals surface area (Å²) in [5, 5.41) is 8.66. The Balaban J connectivity index is 1.60. The van der Waals surface area contributed by atoms with E-state index in [1.807, 2.05) is 19.2 Å². The molecule has 1 fully saturated rings. The third-order valence-electron chi connectivity index (χ3n) is 4.51. The first kappa shape index (κ1) is 14.7. The van der Waals surface area contributed by atoms with E-state index in [0.29, 0.717) is 12.4 Å². The van der Waals surface area contributed by atoms with E-state index in [1.165, 1.54) is 6.20 Å². The molecule has 1 aliphatic rings. The van der Waals surface area contributed by atoms with Crippen molar-refractivity contribution in [1.29, 1.82) is 0 Å². The molecular formula is C16H18N6O2. The molecule has 124 valence electrons. The monoisotopic (exact) mass is 326 g/mol. The third-order valence-corrected chi connectivity index (χ3v) is 4.51. The molecule has 1 saturated heterocycles. The van der Waals surface area contributed by atoms with Crippen molar-refractivity contribution in [2.45, 2.75) is 18.8 Å². The summed E-state index contributed by atoms with van der Waals surface area (Å²) in [6.45, 7) is 1.34. The molecule has 0 radical (unpaired) electrons. The SMILES string of the molecule is Cn1nc(N)c2ccc(C3CCCN(C(=O)c4ccno4)C3)nc21. The summed E-state index contributed by atoms with van der Waals surface area (Å²) in [7, 11) is 1.83. The van der Waals surface area contributed by atoms with Gasteiger partial charge in [0.25, 0.3) is 5.91 Å². The van der Waals surface area contributed by atoms with Crippen LogP contribution in [0.4, 0.5) is 5.82 Å².